The van der Waals surface area contributed by atoms with Crippen LogP contribution in [-0.2, 0) is 12.8 Å². The second kappa shape index (κ2) is 13.1. The van der Waals surface area contributed by atoms with E-state index in [1.165, 1.54) is 76.2 Å². The van der Waals surface area contributed by atoms with Crippen LogP contribution in [0.5, 0.6) is 0 Å². The first-order chi connectivity index (χ1) is 15.6. The molecule has 0 amide bonds. The van der Waals surface area contributed by atoms with Crippen LogP contribution >= 0.6 is 0 Å². The van der Waals surface area contributed by atoms with E-state index in [-0.39, 0.29) is 0 Å². The van der Waals surface area contributed by atoms with Crippen LogP contribution < -0.4 is 0 Å². The zero-order valence-corrected chi connectivity index (χ0v) is 20.3. The van der Waals surface area contributed by atoms with Crippen LogP contribution in [0.4, 0.5) is 8.78 Å². The van der Waals surface area contributed by atoms with Gasteiger partial charge in [0.2, 0.25) is 0 Å². The SMILES string of the molecule is CCCCCc1ccc(-c2ccc(CC[C@H]3CC[C@H](CCCCC)CC3)c(F)c2F)cc1. The summed E-state index contributed by atoms with van der Waals surface area (Å²) in [7, 11) is 0. The Balaban J connectivity index is 1.52. The van der Waals surface area contributed by atoms with Gasteiger partial charge in [0.05, 0.1) is 0 Å². The van der Waals surface area contributed by atoms with E-state index in [2.05, 4.69) is 26.0 Å². The lowest BCUT2D eigenvalue weighted by Crippen LogP contribution is -2.15. The average Bonchev–Trinajstić information content (AvgIpc) is 2.82. The summed E-state index contributed by atoms with van der Waals surface area (Å²) < 4.78 is 29.7. The maximum absolute atomic E-state index is 14.9. The van der Waals surface area contributed by atoms with Crippen LogP contribution in [-0.4, -0.2) is 0 Å². The summed E-state index contributed by atoms with van der Waals surface area (Å²) in [5.41, 5.74) is 2.93. The van der Waals surface area contributed by atoms with Gasteiger partial charge in [0, 0.05) is 5.56 Å². The number of benzene rings is 2. The maximum Gasteiger partial charge on any atom is 0.166 e. The zero-order valence-electron chi connectivity index (χ0n) is 20.3. The van der Waals surface area contributed by atoms with Gasteiger partial charge in [-0.1, -0.05) is 114 Å². The Kier molecular flexibility index (Phi) is 10.2. The Hall–Kier alpha value is -1.70. The van der Waals surface area contributed by atoms with E-state index >= 15 is 0 Å². The quantitative estimate of drug-likeness (QED) is 0.288. The molecule has 0 aliphatic heterocycles. The molecular weight excluding hydrogens is 398 g/mol. The zero-order chi connectivity index (χ0) is 22.8. The highest BCUT2D eigenvalue weighted by molar-refractivity contribution is 5.65. The maximum atomic E-state index is 14.9. The van der Waals surface area contributed by atoms with Crippen LogP contribution in [0.15, 0.2) is 36.4 Å². The second-order valence-electron chi connectivity index (χ2n) is 9.98. The Morgan fingerprint density at radius 2 is 1.28 bits per heavy atom. The molecule has 0 aromatic heterocycles. The van der Waals surface area contributed by atoms with E-state index in [0.717, 1.165) is 24.3 Å². The van der Waals surface area contributed by atoms with Gasteiger partial charge in [0.25, 0.3) is 0 Å². The van der Waals surface area contributed by atoms with Crippen molar-refractivity contribution in [2.24, 2.45) is 11.8 Å². The Morgan fingerprint density at radius 3 is 1.94 bits per heavy atom. The monoisotopic (exact) mass is 440 g/mol. The average molecular weight is 441 g/mol. The molecule has 0 atom stereocenters. The van der Waals surface area contributed by atoms with Crippen LogP contribution in [0.25, 0.3) is 11.1 Å². The first kappa shape index (κ1) is 24.9. The third-order valence-corrected chi connectivity index (χ3v) is 7.50. The van der Waals surface area contributed by atoms with Gasteiger partial charge in [0.15, 0.2) is 11.6 Å². The summed E-state index contributed by atoms with van der Waals surface area (Å²) in [5.74, 6) is 0.216. The summed E-state index contributed by atoms with van der Waals surface area (Å²) in [6.07, 6.45) is 16.8. The van der Waals surface area contributed by atoms with E-state index in [1.54, 1.807) is 12.1 Å². The molecule has 1 saturated carbocycles. The predicted octanol–water partition coefficient (Wildman–Crippen LogP) is 9.68. The van der Waals surface area contributed by atoms with Gasteiger partial charge in [-0.3, -0.25) is 0 Å². The third-order valence-electron chi connectivity index (χ3n) is 7.50. The summed E-state index contributed by atoms with van der Waals surface area (Å²) >= 11 is 0. The van der Waals surface area contributed by atoms with Gasteiger partial charge in [-0.15, -0.1) is 0 Å². The molecule has 1 fully saturated rings. The highest BCUT2D eigenvalue weighted by atomic mass is 19.2. The number of hydrogen-bond acceptors (Lipinski definition) is 0. The van der Waals surface area contributed by atoms with E-state index in [1.807, 2.05) is 12.1 Å². The van der Waals surface area contributed by atoms with Crippen molar-refractivity contribution in [1.82, 2.24) is 0 Å². The van der Waals surface area contributed by atoms with Gasteiger partial charge in [-0.25, -0.2) is 8.78 Å². The molecule has 0 bridgehead atoms. The minimum absolute atomic E-state index is 0.374. The topological polar surface area (TPSA) is 0 Å². The fourth-order valence-electron chi connectivity index (χ4n) is 5.29. The molecule has 0 saturated heterocycles. The number of hydrogen-bond donors (Lipinski definition) is 0. The van der Waals surface area contributed by atoms with Crippen molar-refractivity contribution in [2.45, 2.75) is 104 Å². The Morgan fingerprint density at radius 1 is 0.656 bits per heavy atom. The van der Waals surface area contributed by atoms with Crippen LogP contribution in [0.1, 0.15) is 102 Å². The van der Waals surface area contributed by atoms with E-state index < -0.39 is 11.6 Å². The Labute approximate surface area is 194 Å². The van der Waals surface area contributed by atoms with Gasteiger partial charge in [-0.2, -0.15) is 0 Å². The van der Waals surface area contributed by atoms with Crippen molar-refractivity contribution in [2.75, 3.05) is 0 Å². The summed E-state index contributed by atoms with van der Waals surface area (Å²) in [5, 5.41) is 0. The predicted molar refractivity (Wildman–Crippen MR) is 133 cm³/mol. The fourth-order valence-corrected chi connectivity index (χ4v) is 5.29. The second-order valence-corrected chi connectivity index (χ2v) is 9.98. The summed E-state index contributed by atoms with van der Waals surface area (Å²) in [6.45, 7) is 4.46. The molecule has 0 heterocycles. The van der Waals surface area contributed by atoms with E-state index in [0.29, 0.717) is 23.5 Å². The number of unbranched alkanes of at least 4 members (excludes halogenated alkanes) is 4. The molecule has 176 valence electrons. The number of rotatable bonds is 12. The molecular formula is C30H42F2. The normalized spacial score (nSPS) is 18.8. The largest absolute Gasteiger partial charge is 0.203 e. The highest BCUT2D eigenvalue weighted by Crippen LogP contribution is 2.35. The third kappa shape index (κ3) is 7.15. The Bertz CT molecular complexity index is 800. The van der Waals surface area contributed by atoms with Gasteiger partial charge >= 0.3 is 0 Å². The van der Waals surface area contributed by atoms with Crippen LogP contribution in [0, 0.1) is 23.5 Å². The summed E-state index contributed by atoms with van der Waals surface area (Å²) in [4.78, 5) is 0. The molecule has 3 rings (SSSR count). The smallest absolute Gasteiger partial charge is 0.166 e. The molecule has 0 nitrogen and oxygen atoms in total. The number of aryl methyl sites for hydroxylation is 2. The number of halogens is 2. The first-order valence-corrected chi connectivity index (χ1v) is 13.2. The van der Waals surface area contributed by atoms with Gasteiger partial charge < -0.3 is 0 Å². The lowest BCUT2D eigenvalue weighted by atomic mass is 9.77. The molecule has 32 heavy (non-hydrogen) atoms. The molecule has 1 aliphatic carbocycles. The van der Waals surface area contributed by atoms with Gasteiger partial charge in [-0.05, 0) is 54.2 Å². The van der Waals surface area contributed by atoms with Gasteiger partial charge in [0.1, 0.15) is 0 Å². The minimum Gasteiger partial charge on any atom is -0.203 e. The van der Waals surface area contributed by atoms with Crippen molar-refractivity contribution in [3.63, 3.8) is 0 Å². The lowest BCUT2D eigenvalue weighted by Gasteiger charge is -2.28. The van der Waals surface area contributed by atoms with Crippen molar-refractivity contribution in [3.8, 4) is 11.1 Å². The molecule has 1 aliphatic rings. The van der Waals surface area contributed by atoms with Crippen molar-refractivity contribution < 1.29 is 8.78 Å². The molecule has 2 heteroatoms. The molecule has 0 radical (unpaired) electrons. The molecule has 0 spiro atoms. The lowest BCUT2D eigenvalue weighted by molar-refractivity contribution is 0.248. The van der Waals surface area contributed by atoms with Crippen LogP contribution in [0.2, 0.25) is 0 Å². The fraction of sp³-hybridized carbons (Fsp3) is 0.600. The van der Waals surface area contributed by atoms with E-state index in [9.17, 15) is 8.78 Å². The molecule has 2 aromatic rings. The molecule has 0 unspecified atom stereocenters. The van der Waals surface area contributed by atoms with Crippen molar-refractivity contribution in [3.05, 3.63) is 59.2 Å². The minimum atomic E-state index is -0.694. The van der Waals surface area contributed by atoms with Crippen molar-refractivity contribution in [1.29, 1.82) is 0 Å². The van der Waals surface area contributed by atoms with E-state index in [4.69, 9.17) is 0 Å². The highest BCUT2D eigenvalue weighted by Gasteiger charge is 2.22. The standard InChI is InChI=1S/C30H42F2/c1-3-5-7-9-23-11-13-25(14-12-23)17-20-27-21-22-28(30(32)29(27)31)26-18-15-24(16-19-26)10-8-6-4-2/h15-16,18-19,21-23,25H,3-14,17,20H2,1-2H3/t23-,25-. The molecule has 2 aromatic carbocycles. The molecule has 0 N–H and O–H groups in total. The summed E-state index contributed by atoms with van der Waals surface area (Å²) in [6, 6.07) is 11.5. The first-order valence-electron chi connectivity index (χ1n) is 13.2. The van der Waals surface area contributed by atoms with Crippen LogP contribution in [0.3, 0.4) is 0 Å². The van der Waals surface area contributed by atoms with Crippen molar-refractivity contribution >= 4 is 0 Å².